The molecule has 1 saturated heterocycles. The van der Waals surface area contributed by atoms with Gasteiger partial charge in [0.2, 0.25) is 5.95 Å². The zero-order chi connectivity index (χ0) is 21.0. The van der Waals surface area contributed by atoms with Crippen molar-refractivity contribution < 1.29 is 17.9 Å². The molecule has 1 aliphatic carbocycles. The van der Waals surface area contributed by atoms with Gasteiger partial charge in [0, 0.05) is 18.2 Å². The minimum atomic E-state index is -4.54. The summed E-state index contributed by atoms with van der Waals surface area (Å²) in [7, 11) is 1.53. The van der Waals surface area contributed by atoms with Gasteiger partial charge in [-0.25, -0.2) is 9.97 Å². The zero-order valence-electron chi connectivity index (χ0n) is 17.2. The Bertz CT molecular complexity index is 928. The molecule has 29 heavy (non-hydrogen) atoms. The second kappa shape index (κ2) is 6.61. The van der Waals surface area contributed by atoms with Crippen molar-refractivity contribution in [3.05, 3.63) is 36.0 Å². The highest BCUT2D eigenvalue weighted by Crippen LogP contribution is 2.53. The fourth-order valence-electron chi connectivity index (χ4n) is 5.33. The number of benzene rings is 1. The number of methoxy groups -OCH3 is 1. The Morgan fingerprint density at radius 2 is 1.86 bits per heavy atom. The molecule has 1 aromatic heterocycles. The first-order valence-corrected chi connectivity index (χ1v) is 9.85. The summed E-state index contributed by atoms with van der Waals surface area (Å²) < 4.78 is 46.1. The zero-order valence-corrected chi connectivity index (χ0v) is 17.2. The SMILES string of the molecule is COc1cccc(-c2cc(C(F)(F)F)nc(N3CC4(C)CC3CC(C)(C)C4)n2)c1. The minimum Gasteiger partial charge on any atom is -0.497 e. The maximum absolute atomic E-state index is 13.6. The molecular weight excluding hydrogens is 379 g/mol. The van der Waals surface area contributed by atoms with Crippen LogP contribution in [-0.2, 0) is 6.18 Å². The summed E-state index contributed by atoms with van der Waals surface area (Å²) in [6.45, 7) is 7.36. The molecule has 2 atom stereocenters. The van der Waals surface area contributed by atoms with E-state index in [0.29, 0.717) is 17.9 Å². The highest BCUT2D eigenvalue weighted by molar-refractivity contribution is 5.63. The van der Waals surface area contributed by atoms with Crippen molar-refractivity contribution in [3.63, 3.8) is 0 Å². The molecule has 0 amide bonds. The molecule has 1 aliphatic heterocycles. The molecule has 2 unspecified atom stereocenters. The Kier molecular flexibility index (Phi) is 4.55. The first-order valence-electron chi connectivity index (χ1n) is 9.85. The predicted molar refractivity (Wildman–Crippen MR) is 106 cm³/mol. The Labute approximate surface area is 169 Å². The van der Waals surface area contributed by atoms with Gasteiger partial charge in [-0.1, -0.05) is 32.9 Å². The van der Waals surface area contributed by atoms with Crippen LogP contribution < -0.4 is 9.64 Å². The average molecular weight is 405 g/mol. The average Bonchev–Trinajstić information content (AvgIpc) is 2.89. The molecule has 2 heterocycles. The molecular formula is C22H26F3N3O. The molecule has 156 valence electrons. The maximum atomic E-state index is 13.6. The minimum absolute atomic E-state index is 0.0696. The lowest BCUT2D eigenvalue weighted by molar-refractivity contribution is -0.141. The van der Waals surface area contributed by atoms with E-state index < -0.39 is 11.9 Å². The van der Waals surface area contributed by atoms with E-state index in [4.69, 9.17) is 4.74 Å². The smallest absolute Gasteiger partial charge is 0.433 e. The molecule has 2 fully saturated rings. The second-order valence-corrected chi connectivity index (χ2v) is 9.51. The summed E-state index contributed by atoms with van der Waals surface area (Å²) in [6, 6.07) is 8.11. The second-order valence-electron chi connectivity index (χ2n) is 9.51. The first kappa shape index (κ1) is 20.0. The van der Waals surface area contributed by atoms with E-state index in [1.807, 2.05) is 4.90 Å². The van der Waals surface area contributed by atoms with Crippen LogP contribution in [0.2, 0.25) is 0 Å². The van der Waals surface area contributed by atoms with Gasteiger partial charge in [-0.3, -0.25) is 0 Å². The molecule has 0 radical (unpaired) electrons. The third-order valence-electron chi connectivity index (χ3n) is 6.04. The molecule has 2 bridgehead atoms. The third kappa shape index (κ3) is 3.91. The monoisotopic (exact) mass is 405 g/mol. The number of rotatable bonds is 3. The van der Waals surface area contributed by atoms with Gasteiger partial charge < -0.3 is 9.64 Å². The van der Waals surface area contributed by atoms with Gasteiger partial charge in [-0.15, -0.1) is 0 Å². The molecule has 7 heteroatoms. The van der Waals surface area contributed by atoms with E-state index in [9.17, 15) is 13.2 Å². The quantitative estimate of drug-likeness (QED) is 0.669. The van der Waals surface area contributed by atoms with Gasteiger partial charge in [0.25, 0.3) is 0 Å². The van der Waals surface area contributed by atoms with Gasteiger partial charge in [0.15, 0.2) is 5.69 Å². The summed E-state index contributed by atoms with van der Waals surface area (Å²) in [5.74, 6) is 0.742. The van der Waals surface area contributed by atoms with Crippen molar-refractivity contribution in [1.29, 1.82) is 0 Å². The maximum Gasteiger partial charge on any atom is 0.433 e. The van der Waals surface area contributed by atoms with Gasteiger partial charge in [0.05, 0.1) is 12.8 Å². The van der Waals surface area contributed by atoms with Crippen LogP contribution in [0.25, 0.3) is 11.3 Å². The van der Waals surface area contributed by atoms with Gasteiger partial charge in [-0.2, -0.15) is 13.2 Å². The van der Waals surface area contributed by atoms with Gasteiger partial charge in [-0.05, 0) is 48.3 Å². The van der Waals surface area contributed by atoms with Crippen LogP contribution in [0.15, 0.2) is 30.3 Å². The molecule has 2 aliphatic rings. The number of fused-ring (bicyclic) bond motifs is 2. The Balaban J connectivity index is 1.80. The topological polar surface area (TPSA) is 38.2 Å². The summed E-state index contributed by atoms with van der Waals surface area (Å²) in [6.07, 6.45) is -1.60. The molecule has 4 rings (SSSR count). The Morgan fingerprint density at radius 1 is 1.10 bits per heavy atom. The Morgan fingerprint density at radius 3 is 2.55 bits per heavy atom. The van der Waals surface area contributed by atoms with E-state index in [-0.39, 0.29) is 28.5 Å². The van der Waals surface area contributed by atoms with Crippen LogP contribution in [0.5, 0.6) is 5.75 Å². The largest absolute Gasteiger partial charge is 0.497 e. The third-order valence-corrected chi connectivity index (χ3v) is 6.04. The van der Waals surface area contributed by atoms with Crippen LogP contribution in [0.3, 0.4) is 0 Å². The standard InChI is InChI=1S/C22H26F3N3O/c1-20(2)10-15-11-21(3,12-20)13-28(15)19-26-17(9-18(27-19)22(23,24)25)14-6-5-7-16(8-14)29-4/h5-9,15H,10-13H2,1-4H3. The van der Waals surface area contributed by atoms with Crippen molar-refractivity contribution in [3.8, 4) is 17.0 Å². The number of ether oxygens (including phenoxy) is 1. The van der Waals surface area contributed by atoms with Crippen molar-refractivity contribution in [2.24, 2.45) is 10.8 Å². The molecule has 1 aromatic carbocycles. The lowest BCUT2D eigenvalue weighted by Gasteiger charge is -2.39. The summed E-state index contributed by atoms with van der Waals surface area (Å²) >= 11 is 0. The summed E-state index contributed by atoms with van der Waals surface area (Å²) in [5.41, 5.74) is 0.148. The number of hydrogen-bond acceptors (Lipinski definition) is 4. The predicted octanol–water partition coefficient (Wildman–Crippen LogP) is 5.58. The van der Waals surface area contributed by atoms with Gasteiger partial charge >= 0.3 is 6.18 Å². The number of halogens is 3. The number of alkyl halides is 3. The number of nitrogens with zero attached hydrogens (tertiary/aromatic N) is 3. The lowest BCUT2D eigenvalue weighted by Crippen LogP contribution is -2.35. The lowest BCUT2D eigenvalue weighted by atomic mass is 9.65. The summed E-state index contributed by atoms with van der Waals surface area (Å²) in [5, 5.41) is 0. The Hall–Kier alpha value is -2.31. The van der Waals surface area contributed by atoms with Crippen LogP contribution in [0.4, 0.5) is 19.1 Å². The van der Waals surface area contributed by atoms with Crippen molar-refractivity contribution in [2.45, 2.75) is 52.3 Å². The first-order chi connectivity index (χ1) is 13.5. The van der Waals surface area contributed by atoms with Crippen molar-refractivity contribution >= 4 is 5.95 Å². The van der Waals surface area contributed by atoms with Crippen LogP contribution in [0.1, 0.15) is 45.7 Å². The van der Waals surface area contributed by atoms with Gasteiger partial charge in [0.1, 0.15) is 5.75 Å². The van der Waals surface area contributed by atoms with Crippen LogP contribution in [-0.4, -0.2) is 29.7 Å². The molecule has 2 aromatic rings. The molecule has 0 N–H and O–H groups in total. The van der Waals surface area contributed by atoms with Crippen molar-refractivity contribution in [1.82, 2.24) is 9.97 Å². The normalized spacial score (nSPS) is 25.9. The van der Waals surface area contributed by atoms with Crippen molar-refractivity contribution in [2.75, 3.05) is 18.6 Å². The van der Waals surface area contributed by atoms with E-state index in [0.717, 1.165) is 25.3 Å². The number of aromatic nitrogens is 2. The van der Waals surface area contributed by atoms with E-state index in [1.54, 1.807) is 24.3 Å². The number of hydrogen-bond donors (Lipinski definition) is 0. The van der Waals surface area contributed by atoms with E-state index >= 15 is 0 Å². The molecule has 1 saturated carbocycles. The molecule has 4 nitrogen and oxygen atoms in total. The highest BCUT2D eigenvalue weighted by Gasteiger charge is 2.50. The van der Waals surface area contributed by atoms with Crippen LogP contribution in [0, 0.1) is 10.8 Å². The van der Waals surface area contributed by atoms with E-state index in [1.165, 1.54) is 7.11 Å². The highest BCUT2D eigenvalue weighted by atomic mass is 19.4. The van der Waals surface area contributed by atoms with E-state index in [2.05, 4.69) is 30.7 Å². The fourth-order valence-corrected chi connectivity index (χ4v) is 5.33. The number of anilines is 1. The van der Waals surface area contributed by atoms with Crippen LogP contribution >= 0.6 is 0 Å². The molecule has 0 spiro atoms. The summed E-state index contributed by atoms with van der Waals surface area (Å²) in [4.78, 5) is 10.5. The fraction of sp³-hybridized carbons (Fsp3) is 0.545.